The summed E-state index contributed by atoms with van der Waals surface area (Å²) >= 11 is 1.78. The molecule has 1 amide bonds. The fourth-order valence-corrected chi connectivity index (χ4v) is 2.92. The molecule has 6 heteroatoms. The number of carbonyl (C=O) groups excluding carboxylic acids is 1. The van der Waals surface area contributed by atoms with Crippen molar-refractivity contribution in [1.82, 2.24) is 10.2 Å². The molecular weight excluding hydrogens is 240 g/mol. The third-order valence-corrected chi connectivity index (χ3v) is 4.12. The Hall–Kier alpha value is -0.750. The first-order chi connectivity index (χ1) is 8.18. The molecule has 0 radical (unpaired) electrons. The number of carbonyl (C=O) groups is 2. The van der Waals surface area contributed by atoms with E-state index in [0.717, 1.165) is 30.9 Å². The summed E-state index contributed by atoms with van der Waals surface area (Å²) in [5.74, 6) is 1.09. The molecule has 1 atom stereocenters. The molecule has 0 aromatic heterocycles. The van der Waals surface area contributed by atoms with Gasteiger partial charge in [-0.1, -0.05) is 0 Å². The summed E-state index contributed by atoms with van der Waals surface area (Å²) in [7, 11) is 0. The molecule has 5 nitrogen and oxygen atoms in total. The van der Waals surface area contributed by atoms with Gasteiger partial charge >= 0.3 is 5.97 Å². The minimum Gasteiger partial charge on any atom is -0.481 e. The van der Waals surface area contributed by atoms with Crippen LogP contribution < -0.4 is 5.32 Å². The van der Waals surface area contributed by atoms with Gasteiger partial charge in [-0.05, 0) is 12.8 Å². The smallest absolute Gasteiger partial charge is 0.305 e. The van der Waals surface area contributed by atoms with Gasteiger partial charge in [-0.25, -0.2) is 0 Å². The van der Waals surface area contributed by atoms with Crippen LogP contribution in [0.3, 0.4) is 0 Å². The lowest BCUT2D eigenvalue weighted by molar-refractivity contribution is -0.139. The molecule has 0 aromatic rings. The third-order valence-electron chi connectivity index (χ3n) is 3.06. The molecule has 1 aliphatic heterocycles. The second-order valence-electron chi connectivity index (χ2n) is 4.49. The zero-order chi connectivity index (χ0) is 12.3. The van der Waals surface area contributed by atoms with E-state index < -0.39 is 5.97 Å². The number of nitrogens with zero attached hydrogens (tertiary/aromatic N) is 1. The normalized spacial score (nSPS) is 24.4. The Morgan fingerprint density at radius 2 is 2.18 bits per heavy atom. The van der Waals surface area contributed by atoms with Gasteiger partial charge < -0.3 is 15.3 Å². The number of hydrogen-bond acceptors (Lipinski definition) is 4. The molecule has 2 N–H and O–H groups in total. The predicted molar refractivity (Wildman–Crippen MR) is 66.1 cm³/mol. The van der Waals surface area contributed by atoms with E-state index in [9.17, 15) is 9.59 Å². The standard InChI is InChI=1S/C11H18N2O3S/c14-10(15)3-5-13(8-1-2-8)11(16)9-7-17-6-4-12-9/h8-9,12H,1-7H2,(H,14,15). The van der Waals surface area contributed by atoms with Crippen LogP contribution in [0.5, 0.6) is 0 Å². The Kier molecular flexibility index (Phi) is 4.28. The van der Waals surface area contributed by atoms with Crippen LogP contribution in [0.1, 0.15) is 19.3 Å². The van der Waals surface area contributed by atoms with Gasteiger partial charge in [0.25, 0.3) is 0 Å². The fourth-order valence-electron chi connectivity index (χ4n) is 2.00. The fraction of sp³-hybridized carbons (Fsp3) is 0.818. The van der Waals surface area contributed by atoms with Crippen molar-refractivity contribution >= 4 is 23.6 Å². The van der Waals surface area contributed by atoms with E-state index in [2.05, 4.69) is 5.32 Å². The number of carboxylic acid groups (broad SMARTS) is 1. The Labute approximate surface area is 105 Å². The highest BCUT2D eigenvalue weighted by Crippen LogP contribution is 2.28. The van der Waals surface area contributed by atoms with Crippen molar-refractivity contribution in [2.45, 2.75) is 31.3 Å². The number of amides is 1. The minimum absolute atomic E-state index is 0.0438. The summed E-state index contributed by atoms with van der Waals surface area (Å²) in [6.07, 6.45) is 2.08. The van der Waals surface area contributed by atoms with E-state index >= 15 is 0 Å². The molecule has 2 fully saturated rings. The van der Waals surface area contributed by atoms with Crippen molar-refractivity contribution in [3.63, 3.8) is 0 Å². The van der Waals surface area contributed by atoms with E-state index in [0.29, 0.717) is 6.54 Å². The lowest BCUT2D eigenvalue weighted by atomic mass is 10.2. The second-order valence-corrected chi connectivity index (χ2v) is 5.64. The van der Waals surface area contributed by atoms with Crippen LogP contribution in [0, 0.1) is 0 Å². The maximum atomic E-state index is 12.2. The second kappa shape index (κ2) is 5.73. The Bertz CT molecular complexity index is 301. The van der Waals surface area contributed by atoms with Crippen LogP contribution in [0.2, 0.25) is 0 Å². The highest BCUT2D eigenvalue weighted by molar-refractivity contribution is 7.99. The molecule has 0 bridgehead atoms. The monoisotopic (exact) mass is 258 g/mol. The molecule has 2 rings (SSSR count). The van der Waals surface area contributed by atoms with E-state index in [4.69, 9.17) is 5.11 Å². The van der Waals surface area contributed by atoms with Gasteiger partial charge in [0.05, 0.1) is 12.5 Å². The van der Waals surface area contributed by atoms with E-state index in [1.165, 1.54) is 0 Å². The molecule has 1 unspecified atom stereocenters. The molecule has 96 valence electrons. The molecule has 1 saturated heterocycles. The van der Waals surface area contributed by atoms with Crippen LogP contribution in [-0.4, -0.2) is 58.6 Å². The van der Waals surface area contributed by atoms with Gasteiger partial charge in [-0.15, -0.1) is 0 Å². The van der Waals surface area contributed by atoms with Crippen molar-refractivity contribution < 1.29 is 14.7 Å². The predicted octanol–water partition coefficient (Wildman–Crippen LogP) is 0.157. The first-order valence-corrected chi connectivity index (χ1v) is 7.17. The molecule has 1 heterocycles. The maximum Gasteiger partial charge on any atom is 0.305 e. The average molecular weight is 258 g/mol. The quantitative estimate of drug-likeness (QED) is 0.735. The molecule has 17 heavy (non-hydrogen) atoms. The molecule has 1 aliphatic carbocycles. The van der Waals surface area contributed by atoms with E-state index in [1.807, 2.05) is 0 Å². The van der Waals surface area contributed by atoms with Crippen molar-refractivity contribution in [2.24, 2.45) is 0 Å². The van der Waals surface area contributed by atoms with Crippen molar-refractivity contribution in [1.29, 1.82) is 0 Å². The first kappa shape index (κ1) is 12.7. The number of hydrogen-bond donors (Lipinski definition) is 2. The largest absolute Gasteiger partial charge is 0.481 e. The Morgan fingerprint density at radius 3 is 2.71 bits per heavy atom. The summed E-state index contributed by atoms with van der Waals surface area (Å²) < 4.78 is 0. The van der Waals surface area contributed by atoms with Crippen LogP contribution >= 0.6 is 11.8 Å². The van der Waals surface area contributed by atoms with E-state index in [1.54, 1.807) is 16.7 Å². The van der Waals surface area contributed by atoms with Gasteiger partial charge in [0, 0.05) is 30.6 Å². The van der Waals surface area contributed by atoms with Crippen molar-refractivity contribution in [2.75, 3.05) is 24.6 Å². The van der Waals surface area contributed by atoms with Crippen molar-refractivity contribution in [3.8, 4) is 0 Å². The summed E-state index contributed by atoms with van der Waals surface area (Å²) in [5, 5.41) is 11.9. The summed E-state index contributed by atoms with van der Waals surface area (Å²) in [6.45, 7) is 1.21. The Balaban J connectivity index is 1.89. The zero-order valence-electron chi connectivity index (χ0n) is 9.72. The van der Waals surface area contributed by atoms with Gasteiger partial charge in [-0.3, -0.25) is 9.59 Å². The number of nitrogens with one attached hydrogen (secondary N) is 1. The number of aliphatic carboxylic acids is 1. The summed E-state index contributed by atoms with van der Waals surface area (Å²) in [6, 6.07) is 0.165. The van der Waals surface area contributed by atoms with Crippen LogP contribution in [0.25, 0.3) is 0 Å². The van der Waals surface area contributed by atoms with Crippen LogP contribution in [0.15, 0.2) is 0 Å². The van der Waals surface area contributed by atoms with Gasteiger partial charge in [0.1, 0.15) is 0 Å². The lowest BCUT2D eigenvalue weighted by Gasteiger charge is -2.29. The number of thioether (sulfide) groups is 1. The van der Waals surface area contributed by atoms with Gasteiger partial charge in [0.15, 0.2) is 0 Å². The molecule has 0 spiro atoms. The van der Waals surface area contributed by atoms with E-state index in [-0.39, 0.29) is 24.4 Å². The Morgan fingerprint density at radius 1 is 1.41 bits per heavy atom. The maximum absolute atomic E-state index is 12.2. The summed E-state index contributed by atoms with van der Waals surface area (Å²) in [5.41, 5.74) is 0. The molecule has 1 saturated carbocycles. The van der Waals surface area contributed by atoms with Crippen molar-refractivity contribution in [3.05, 3.63) is 0 Å². The van der Waals surface area contributed by atoms with Crippen LogP contribution in [0.4, 0.5) is 0 Å². The SMILES string of the molecule is O=C(O)CCN(C(=O)C1CSCCN1)C1CC1. The average Bonchev–Trinajstić information content (AvgIpc) is 3.14. The van der Waals surface area contributed by atoms with Crippen LogP contribution in [-0.2, 0) is 9.59 Å². The highest BCUT2D eigenvalue weighted by atomic mass is 32.2. The van der Waals surface area contributed by atoms with Gasteiger partial charge in [0.2, 0.25) is 5.91 Å². The topological polar surface area (TPSA) is 69.6 Å². The highest BCUT2D eigenvalue weighted by Gasteiger charge is 2.36. The molecule has 0 aromatic carbocycles. The molecular formula is C11H18N2O3S. The number of rotatable bonds is 5. The minimum atomic E-state index is -0.838. The molecule has 2 aliphatic rings. The number of carboxylic acids is 1. The first-order valence-electron chi connectivity index (χ1n) is 6.02. The third kappa shape index (κ3) is 3.61. The zero-order valence-corrected chi connectivity index (χ0v) is 10.5. The lowest BCUT2D eigenvalue weighted by Crippen LogP contribution is -2.51. The van der Waals surface area contributed by atoms with Gasteiger partial charge in [-0.2, -0.15) is 11.8 Å². The summed E-state index contributed by atoms with van der Waals surface area (Å²) in [4.78, 5) is 24.6.